The average molecular weight is 269 g/mol. The Morgan fingerprint density at radius 1 is 1.61 bits per heavy atom. The van der Waals surface area contributed by atoms with Crippen LogP contribution in [0.2, 0.25) is 0 Å². The Morgan fingerprint density at radius 2 is 2.28 bits per heavy atom. The number of amidine groups is 1. The molecule has 18 heavy (non-hydrogen) atoms. The zero-order valence-electron chi connectivity index (χ0n) is 10.8. The molecule has 1 aromatic heterocycles. The predicted molar refractivity (Wildman–Crippen MR) is 72.6 cm³/mol. The molecule has 0 aromatic carbocycles. The third-order valence-corrected chi connectivity index (χ3v) is 3.80. The van der Waals surface area contributed by atoms with Crippen LogP contribution in [-0.2, 0) is 11.3 Å². The summed E-state index contributed by atoms with van der Waals surface area (Å²) in [4.78, 5) is 13.1. The third-order valence-electron chi connectivity index (χ3n) is 2.77. The summed E-state index contributed by atoms with van der Waals surface area (Å²) < 4.78 is 0. The molecule has 0 aliphatic heterocycles. The van der Waals surface area contributed by atoms with E-state index in [0.29, 0.717) is 6.54 Å². The summed E-state index contributed by atoms with van der Waals surface area (Å²) in [6.45, 7) is 6.20. The maximum atomic E-state index is 12.0. The zero-order valence-corrected chi connectivity index (χ0v) is 11.6. The fourth-order valence-corrected chi connectivity index (χ4v) is 2.55. The summed E-state index contributed by atoms with van der Waals surface area (Å²) in [5.41, 5.74) is 6.70. The van der Waals surface area contributed by atoms with Crippen molar-refractivity contribution in [3.8, 4) is 0 Å². The highest BCUT2D eigenvalue weighted by molar-refractivity contribution is 7.10. The van der Waals surface area contributed by atoms with Gasteiger partial charge in [0.1, 0.15) is 5.92 Å². The first-order valence-corrected chi connectivity index (χ1v) is 6.63. The number of carbonyl (C=O) groups is 1. The molecule has 1 unspecified atom stereocenters. The number of nitrogens with one attached hydrogen (secondary N) is 1. The number of nitrogens with zero attached hydrogens (tertiary/aromatic N) is 1. The highest BCUT2D eigenvalue weighted by Crippen LogP contribution is 2.16. The van der Waals surface area contributed by atoms with E-state index in [1.807, 2.05) is 32.2 Å². The van der Waals surface area contributed by atoms with Gasteiger partial charge in [0.15, 0.2) is 5.84 Å². The number of amides is 1. The number of carbonyl (C=O) groups excluding carboxylic acids is 1. The van der Waals surface area contributed by atoms with Gasteiger partial charge in [0.25, 0.3) is 0 Å². The molecule has 1 atom stereocenters. The summed E-state index contributed by atoms with van der Waals surface area (Å²) >= 11 is 1.60. The Hall–Kier alpha value is -1.56. The van der Waals surface area contributed by atoms with E-state index in [2.05, 4.69) is 10.5 Å². The minimum absolute atomic E-state index is 0.0228. The van der Waals surface area contributed by atoms with Crippen LogP contribution in [0.1, 0.15) is 24.3 Å². The third kappa shape index (κ3) is 3.46. The quantitative estimate of drug-likeness (QED) is 0.329. The SMILES string of the molecule is Cc1ccsc1CNC(=O)C(C(N)=NO)C(C)C. The molecule has 0 saturated heterocycles. The van der Waals surface area contributed by atoms with Gasteiger partial charge in [-0.3, -0.25) is 4.79 Å². The smallest absolute Gasteiger partial charge is 0.231 e. The lowest BCUT2D eigenvalue weighted by molar-refractivity contribution is -0.124. The van der Waals surface area contributed by atoms with Crippen LogP contribution < -0.4 is 11.1 Å². The summed E-state index contributed by atoms with van der Waals surface area (Å²) in [7, 11) is 0. The molecule has 0 aliphatic carbocycles. The number of oxime groups is 1. The topological polar surface area (TPSA) is 87.7 Å². The summed E-state index contributed by atoms with van der Waals surface area (Å²) in [6.07, 6.45) is 0. The molecule has 1 amide bonds. The van der Waals surface area contributed by atoms with Crippen LogP contribution >= 0.6 is 11.3 Å². The Labute approximate surface area is 111 Å². The maximum Gasteiger partial charge on any atom is 0.231 e. The molecule has 1 rings (SSSR count). The maximum absolute atomic E-state index is 12.0. The highest BCUT2D eigenvalue weighted by Gasteiger charge is 2.26. The molecule has 6 heteroatoms. The van der Waals surface area contributed by atoms with Gasteiger partial charge in [0, 0.05) is 4.88 Å². The second kappa shape index (κ2) is 6.39. The van der Waals surface area contributed by atoms with Crippen molar-refractivity contribution in [2.75, 3.05) is 0 Å². The molecule has 0 bridgehead atoms. The highest BCUT2D eigenvalue weighted by atomic mass is 32.1. The molecular formula is C12H19N3O2S. The number of thiophene rings is 1. The molecule has 0 spiro atoms. The fourth-order valence-electron chi connectivity index (χ4n) is 1.70. The lowest BCUT2D eigenvalue weighted by atomic mass is 9.94. The number of aryl methyl sites for hydroxylation is 1. The van der Waals surface area contributed by atoms with Crippen LogP contribution in [0.3, 0.4) is 0 Å². The van der Waals surface area contributed by atoms with E-state index in [4.69, 9.17) is 10.9 Å². The Kier molecular flexibility index (Phi) is 5.15. The molecule has 0 fully saturated rings. The van der Waals surface area contributed by atoms with Gasteiger partial charge in [-0.05, 0) is 29.9 Å². The monoisotopic (exact) mass is 269 g/mol. The Balaban J connectivity index is 2.66. The van der Waals surface area contributed by atoms with Crippen LogP contribution in [0.15, 0.2) is 16.6 Å². The molecule has 0 aliphatic rings. The van der Waals surface area contributed by atoms with E-state index in [0.717, 1.165) is 10.4 Å². The Bertz CT molecular complexity index is 440. The molecule has 100 valence electrons. The van der Waals surface area contributed by atoms with Gasteiger partial charge in [-0.2, -0.15) is 0 Å². The minimum atomic E-state index is -0.602. The molecule has 1 heterocycles. The second-order valence-electron chi connectivity index (χ2n) is 4.49. The fraction of sp³-hybridized carbons (Fsp3) is 0.500. The summed E-state index contributed by atoms with van der Waals surface area (Å²) in [5, 5.41) is 16.4. The van der Waals surface area contributed by atoms with E-state index < -0.39 is 5.92 Å². The lowest BCUT2D eigenvalue weighted by Crippen LogP contribution is -2.41. The first-order valence-electron chi connectivity index (χ1n) is 5.75. The van der Waals surface area contributed by atoms with E-state index in [-0.39, 0.29) is 17.7 Å². The first kappa shape index (κ1) is 14.5. The molecule has 0 radical (unpaired) electrons. The second-order valence-corrected chi connectivity index (χ2v) is 5.49. The van der Waals surface area contributed by atoms with Crippen LogP contribution in [0.25, 0.3) is 0 Å². The Morgan fingerprint density at radius 3 is 2.72 bits per heavy atom. The minimum Gasteiger partial charge on any atom is -0.409 e. The van der Waals surface area contributed by atoms with Gasteiger partial charge in [-0.1, -0.05) is 19.0 Å². The van der Waals surface area contributed by atoms with Crippen molar-refractivity contribution in [2.45, 2.75) is 27.3 Å². The molecule has 5 nitrogen and oxygen atoms in total. The standard InChI is InChI=1S/C12H19N3O2S/c1-7(2)10(11(13)15-17)12(16)14-6-9-8(3)4-5-18-9/h4-5,7,10,17H,6H2,1-3H3,(H2,13,15)(H,14,16). The van der Waals surface area contributed by atoms with Crippen molar-refractivity contribution in [1.29, 1.82) is 0 Å². The molecule has 0 saturated carbocycles. The van der Waals surface area contributed by atoms with Crippen LogP contribution in [-0.4, -0.2) is 17.0 Å². The van der Waals surface area contributed by atoms with E-state index >= 15 is 0 Å². The van der Waals surface area contributed by atoms with E-state index in [1.165, 1.54) is 0 Å². The molecular weight excluding hydrogens is 250 g/mol. The van der Waals surface area contributed by atoms with Crippen LogP contribution in [0.5, 0.6) is 0 Å². The van der Waals surface area contributed by atoms with Crippen molar-refractivity contribution in [3.63, 3.8) is 0 Å². The summed E-state index contributed by atoms with van der Waals surface area (Å²) in [5.74, 6) is -0.890. The first-order chi connectivity index (χ1) is 8.47. The van der Waals surface area contributed by atoms with Crippen LogP contribution in [0.4, 0.5) is 0 Å². The molecule has 4 N–H and O–H groups in total. The van der Waals surface area contributed by atoms with Gasteiger partial charge < -0.3 is 16.3 Å². The van der Waals surface area contributed by atoms with Gasteiger partial charge in [-0.15, -0.1) is 11.3 Å². The number of hydrogen-bond acceptors (Lipinski definition) is 4. The summed E-state index contributed by atoms with van der Waals surface area (Å²) in [6, 6.07) is 2.01. The predicted octanol–water partition coefficient (Wildman–Crippen LogP) is 1.69. The van der Waals surface area contributed by atoms with E-state index in [1.54, 1.807) is 11.3 Å². The van der Waals surface area contributed by atoms with Gasteiger partial charge >= 0.3 is 0 Å². The van der Waals surface area contributed by atoms with Crippen LogP contribution in [0, 0.1) is 18.8 Å². The van der Waals surface area contributed by atoms with E-state index in [9.17, 15) is 4.79 Å². The average Bonchev–Trinajstić information content (AvgIpc) is 2.71. The van der Waals surface area contributed by atoms with Gasteiger partial charge in [-0.25, -0.2) is 0 Å². The largest absolute Gasteiger partial charge is 0.409 e. The zero-order chi connectivity index (χ0) is 13.7. The normalized spacial score (nSPS) is 13.7. The molecule has 1 aromatic rings. The van der Waals surface area contributed by atoms with Crippen molar-refractivity contribution < 1.29 is 10.0 Å². The van der Waals surface area contributed by atoms with Gasteiger partial charge in [0.2, 0.25) is 5.91 Å². The van der Waals surface area contributed by atoms with Crippen molar-refractivity contribution in [2.24, 2.45) is 22.7 Å². The number of rotatable bonds is 5. The lowest BCUT2D eigenvalue weighted by Gasteiger charge is -2.18. The van der Waals surface area contributed by atoms with Crippen molar-refractivity contribution >= 4 is 23.1 Å². The van der Waals surface area contributed by atoms with Crippen molar-refractivity contribution in [1.82, 2.24) is 5.32 Å². The van der Waals surface area contributed by atoms with Crippen molar-refractivity contribution in [3.05, 3.63) is 21.9 Å². The number of nitrogens with two attached hydrogens (primary N) is 1. The van der Waals surface area contributed by atoms with Gasteiger partial charge in [0.05, 0.1) is 6.54 Å². The number of hydrogen-bond donors (Lipinski definition) is 3.